The minimum Gasteiger partial charge on any atom is -0.453 e. The lowest BCUT2D eigenvalue weighted by Gasteiger charge is -2.15. The van der Waals surface area contributed by atoms with Crippen molar-refractivity contribution in [1.82, 2.24) is 4.90 Å². The number of methoxy groups -OCH3 is 1. The molecule has 0 aliphatic heterocycles. The van der Waals surface area contributed by atoms with Crippen LogP contribution in [0.15, 0.2) is 42.5 Å². The summed E-state index contributed by atoms with van der Waals surface area (Å²) in [5, 5.41) is 10.9. The van der Waals surface area contributed by atoms with E-state index >= 15 is 0 Å². The lowest BCUT2D eigenvalue weighted by Crippen LogP contribution is -2.25. The number of nitrogens with zero attached hydrogens (tertiary/aromatic N) is 2. The highest BCUT2D eigenvalue weighted by Gasteiger charge is 2.13. The van der Waals surface area contributed by atoms with Gasteiger partial charge in [-0.05, 0) is 29.8 Å². The molecule has 128 valence electrons. The van der Waals surface area contributed by atoms with Crippen molar-refractivity contribution >= 4 is 11.8 Å². The van der Waals surface area contributed by atoms with E-state index in [0.717, 1.165) is 17.7 Å². The molecule has 7 heteroatoms. The van der Waals surface area contributed by atoms with Crippen LogP contribution in [0.5, 0.6) is 0 Å². The Labute approximate surface area is 144 Å². The van der Waals surface area contributed by atoms with Gasteiger partial charge in [0.1, 0.15) is 11.4 Å². The van der Waals surface area contributed by atoms with E-state index in [4.69, 9.17) is 0 Å². The quantitative estimate of drug-likeness (QED) is 0.487. The molecule has 2 aromatic carbocycles. The molecule has 0 aliphatic rings. The van der Waals surface area contributed by atoms with Crippen molar-refractivity contribution in [1.29, 1.82) is 0 Å². The predicted octanol–water partition coefficient (Wildman–Crippen LogP) is 3.33. The lowest BCUT2D eigenvalue weighted by atomic mass is 10.1. The molecule has 2 rings (SSSR count). The standard InChI is InChI=1S/C18H15FN2O4/c1-20(18(22)25-2)12-14-5-3-13(4-6-14)7-8-15-9-10-16(19)11-17(15)21(23)24/h3-6,9-11H,12H2,1-2H3. The first-order valence-corrected chi connectivity index (χ1v) is 7.24. The number of nitro benzene ring substituents is 1. The average Bonchev–Trinajstić information content (AvgIpc) is 2.60. The SMILES string of the molecule is COC(=O)N(C)Cc1ccc(C#Cc2ccc(F)cc2[N+](=O)[O-])cc1. The van der Waals surface area contributed by atoms with Gasteiger partial charge in [-0.3, -0.25) is 10.1 Å². The number of carbonyl (C=O) groups excluding carboxylic acids is 1. The zero-order valence-corrected chi connectivity index (χ0v) is 13.7. The lowest BCUT2D eigenvalue weighted by molar-refractivity contribution is -0.385. The van der Waals surface area contributed by atoms with Crippen molar-refractivity contribution in [2.45, 2.75) is 6.54 Å². The van der Waals surface area contributed by atoms with E-state index in [1.807, 2.05) is 0 Å². The summed E-state index contributed by atoms with van der Waals surface area (Å²) >= 11 is 0. The molecule has 0 N–H and O–H groups in total. The van der Waals surface area contributed by atoms with Gasteiger partial charge in [-0.15, -0.1) is 0 Å². The first-order valence-electron chi connectivity index (χ1n) is 7.24. The summed E-state index contributed by atoms with van der Waals surface area (Å²) in [5.74, 6) is 4.81. The van der Waals surface area contributed by atoms with Crippen molar-refractivity contribution in [2.24, 2.45) is 0 Å². The third kappa shape index (κ3) is 4.78. The summed E-state index contributed by atoms with van der Waals surface area (Å²) in [6.07, 6.45) is -0.438. The highest BCUT2D eigenvalue weighted by atomic mass is 19.1. The number of ether oxygens (including phenoxy) is 1. The van der Waals surface area contributed by atoms with Crippen LogP contribution < -0.4 is 0 Å². The van der Waals surface area contributed by atoms with Gasteiger partial charge in [-0.25, -0.2) is 9.18 Å². The van der Waals surface area contributed by atoms with Crippen LogP contribution in [0.25, 0.3) is 0 Å². The van der Waals surface area contributed by atoms with Crippen molar-refractivity contribution in [3.05, 3.63) is 75.1 Å². The summed E-state index contributed by atoms with van der Waals surface area (Å²) in [4.78, 5) is 23.0. The normalized spacial score (nSPS) is 9.72. The number of halogens is 1. The van der Waals surface area contributed by atoms with Gasteiger partial charge in [0.25, 0.3) is 5.69 Å². The molecule has 1 amide bonds. The van der Waals surface area contributed by atoms with Crippen LogP contribution >= 0.6 is 0 Å². The van der Waals surface area contributed by atoms with Crippen LogP contribution in [0.1, 0.15) is 16.7 Å². The van der Waals surface area contributed by atoms with Gasteiger partial charge in [0.2, 0.25) is 0 Å². The maximum absolute atomic E-state index is 13.1. The molecule has 0 saturated carbocycles. The summed E-state index contributed by atoms with van der Waals surface area (Å²) in [6, 6.07) is 10.3. The van der Waals surface area contributed by atoms with Gasteiger partial charge in [0.05, 0.1) is 18.1 Å². The van der Waals surface area contributed by atoms with Gasteiger partial charge in [-0.1, -0.05) is 24.0 Å². The Morgan fingerprint density at radius 3 is 2.52 bits per heavy atom. The van der Waals surface area contributed by atoms with Gasteiger partial charge in [0.15, 0.2) is 0 Å². The molecule has 0 atom stereocenters. The van der Waals surface area contributed by atoms with E-state index in [-0.39, 0.29) is 11.3 Å². The van der Waals surface area contributed by atoms with Crippen LogP contribution in [0, 0.1) is 27.8 Å². The second-order valence-corrected chi connectivity index (χ2v) is 5.19. The number of hydrogen-bond acceptors (Lipinski definition) is 4. The Kier molecular flexibility index (Phi) is 5.69. The molecular weight excluding hydrogens is 327 g/mol. The number of amides is 1. The highest BCUT2D eigenvalue weighted by molar-refractivity contribution is 5.67. The topological polar surface area (TPSA) is 72.7 Å². The number of hydrogen-bond donors (Lipinski definition) is 0. The van der Waals surface area contributed by atoms with Crippen LogP contribution in [0.2, 0.25) is 0 Å². The predicted molar refractivity (Wildman–Crippen MR) is 89.3 cm³/mol. The minimum absolute atomic E-state index is 0.140. The first kappa shape index (κ1) is 17.9. The molecule has 0 bridgehead atoms. The van der Waals surface area contributed by atoms with E-state index < -0.39 is 16.8 Å². The third-order valence-electron chi connectivity index (χ3n) is 3.36. The van der Waals surface area contributed by atoms with Crippen molar-refractivity contribution < 1.29 is 18.8 Å². The number of nitro groups is 1. The number of benzene rings is 2. The van der Waals surface area contributed by atoms with E-state index in [1.165, 1.54) is 18.1 Å². The molecule has 0 aliphatic carbocycles. The second kappa shape index (κ2) is 7.93. The first-order chi connectivity index (χ1) is 11.9. The van der Waals surface area contributed by atoms with Gasteiger partial charge >= 0.3 is 6.09 Å². The molecular formula is C18H15FN2O4. The van der Waals surface area contributed by atoms with Gasteiger partial charge in [0, 0.05) is 19.2 Å². The molecule has 0 radical (unpaired) electrons. The monoisotopic (exact) mass is 342 g/mol. The maximum atomic E-state index is 13.1. The summed E-state index contributed by atoms with van der Waals surface area (Å²) in [7, 11) is 2.93. The second-order valence-electron chi connectivity index (χ2n) is 5.19. The third-order valence-corrected chi connectivity index (χ3v) is 3.36. The van der Waals surface area contributed by atoms with Gasteiger partial charge in [-0.2, -0.15) is 0 Å². The molecule has 0 fully saturated rings. The Hall–Kier alpha value is -3.40. The maximum Gasteiger partial charge on any atom is 0.409 e. The van der Waals surface area contributed by atoms with Crippen LogP contribution in [-0.4, -0.2) is 30.1 Å². The number of carbonyl (C=O) groups is 1. The molecule has 6 nitrogen and oxygen atoms in total. The zero-order chi connectivity index (χ0) is 18.4. The van der Waals surface area contributed by atoms with Crippen LogP contribution in [0.4, 0.5) is 14.9 Å². The highest BCUT2D eigenvalue weighted by Crippen LogP contribution is 2.18. The molecule has 0 unspecified atom stereocenters. The van der Waals surface area contributed by atoms with Crippen LogP contribution in [-0.2, 0) is 11.3 Å². The minimum atomic E-state index is -0.684. The molecule has 25 heavy (non-hydrogen) atoms. The molecule has 2 aromatic rings. The van der Waals surface area contributed by atoms with E-state index in [9.17, 15) is 19.3 Å². The Morgan fingerprint density at radius 2 is 1.92 bits per heavy atom. The largest absolute Gasteiger partial charge is 0.453 e. The summed E-state index contributed by atoms with van der Waals surface area (Å²) in [6.45, 7) is 0.379. The van der Waals surface area contributed by atoms with Crippen molar-refractivity contribution in [3.8, 4) is 11.8 Å². The van der Waals surface area contributed by atoms with E-state index in [0.29, 0.717) is 12.1 Å². The van der Waals surface area contributed by atoms with Gasteiger partial charge < -0.3 is 9.64 Å². The Balaban J connectivity index is 2.17. The fourth-order valence-electron chi connectivity index (χ4n) is 2.09. The van der Waals surface area contributed by atoms with Crippen molar-refractivity contribution in [2.75, 3.05) is 14.2 Å². The summed E-state index contributed by atoms with van der Waals surface area (Å²) in [5.41, 5.74) is 1.29. The fourth-order valence-corrected chi connectivity index (χ4v) is 2.09. The van der Waals surface area contributed by atoms with E-state index in [2.05, 4.69) is 16.6 Å². The fraction of sp³-hybridized carbons (Fsp3) is 0.167. The Bertz CT molecular complexity index is 854. The van der Waals surface area contributed by atoms with E-state index in [1.54, 1.807) is 31.3 Å². The van der Waals surface area contributed by atoms with Crippen LogP contribution in [0.3, 0.4) is 0 Å². The smallest absolute Gasteiger partial charge is 0.409 e. The van der Waals surface area contributed by atoms with Crippen molar-refractivity contribution in [3.63, 3.8) is 0 Å². The molecule has 0 saturated heterocycles. The Morgan fingerprint density at radius 1 is 1.24 bits per heavy atom. The molecule has 0 spiro atoms. The molecule has 0 aromatic heterocycles. The molecule has 0 heterocycles. The average molecular weight is 342 g/mol. The zero-order valence-electron chi connectivity index (χ0n) is 13.7. The summed E-state index contributed by atoms with van der Waals surface area (Å²) < 4.78 is 17.7. The number of rotatable bonds is 3.